The van der Waals surface area contributed by atoms with E-state index in [-0.39, 0.29) is 11.3 Å². The smallest absolute Gasteiger partial charge is 0.225 e. The molecule has 2 aromatic rings. The summed E-state index contributed by atoms with van der Waals surface area (Å²) in [4.78, 5) is 12.7. The maximum atomic E-state index is 12.7. The van der Waals surface area contributed by atoms with Crippen molar-refractivity contribution in [3.05, 3.63) is 17.7 Å². The molecule has 0 aromatic carbocycles. The van der Waals surface area contributed by atoms with Gasteiger partial charge in [-0.2, -0.15) is 5.10 Å². The molecule has 0 unspecified atom stereocenters. The first kappa shape index (κ1) is 16.6. The standard InChI is InChI=1S/C16H25N7O/c1-12-15(13(2)22(3)19-12)18-14(24)9-16(7-5-4-6-8-16)10-23-11-17-20-21-23/h11H,4-10H2,1-3H3,(H,18,24). The number of aromatic nitrogens is 6. The lowest BCUT2D eigenvalue weighted by Gasteiger charge is -2.36. The maximum absolute atomic E-state index is 12.7. The summed E-state index contributed by atoms with van der Waals surface area (Å²) >= 11 is 0. The van der Waals surface area contributed by atoms with Gasteiger partial charge in [-0.3, -0.25) is 9.48 Å². The van der Waals surface area contributed by atoms with Gasteiger partial charge in [0.1, 0.15) is 6.33 Å². The molecule has 2 aromatic heterocycles. The highest BCUT2D eigenvalue weighted by molar-refractivity contribution is 5.92. The Kier molecular flexibility index (Phi) is 4.64. The van der Waals surface area contributed by atoms with Crippen molar-refractivity contribution in [2.45, 2.75) is 58.9 Å². The van der Waals surface area contributed by atoms with Gasteiger partial charge in [0.2, 0.25) is 5.91 Å². The molecule has 1 amide bonds. The quantitative estimate of drug-likeness (QED) is 0.905. The molecule has 1 N–H and O–H groups in total. The Morgan fingerprint density at radius 2 is 2.04 bits per heavy atom. The van der Waals surface area contributed by atoms with Crippen LogP contribution in [0.1, 0.15) is 49.9 Å². The summed E-state index contributed by atoms with van der Waals surface area (Å²) in [7, 11) is 1.89. The van der Waals surface area contributed by atoms with E-state index in [1.54, 1.807) is 15.7 Å². The molecule has 2 heterocycles. The molecule has 3 rings (SSSR count). The largest absolute Gasteiger partial charge is 0.323 e. The molecule has 0 saturated heterocycles. The summed E-state index contributed by atoms with van der Waals surface area (Å²) in [5, 5.41) is 18.8. The van der Waals surface area contributed by atoms with E-state index < -0.39 is 0 Å². The number of tetrazole rings is 1. The van der Waals surface area contributed by atoms with Crippen molar-refractivity contribution in [3.8, 4) is 0 Å². The van der Waals surface area contributed by atoms with Crippen LogP contribution in [0.3, 0.4) is 0 Å². The number of rotatable bonds is 5. The molecular formula is C16H25N7O. The van der Waals surface area contributed by atoms with Crippen LogP contribution in [-0.4, -0.2) is 35.9 Å². The molecular weight excluding hydrogens is 306 g/mol. The first-order valence-electron chi connectivity index (χ1n) is 8.50. The van der Waals surface area contributed by atoms with Gasteiger partial charge in [0, 0.05) is 13.5 Å². The number of anilines is 1. The van der Waals surface area contributed by atoms with Crippen molar-refractivity contribution in [2.24, 2.45) is 12.5 Å². The maximum Gasteiger partial charge on any atom is 0.225 e. The number of nitrogens with one attached hydrogen (secondary N) is 1. The Hall–Kier alpha value is -2.25. The summed E-state index contributed by atoms with van der Waals surface area (Å²) < 4.78 is 3.54. The Morgan fingerprint density at radius 3 is 2.62 bits per heavy atom. The van der Waals surface area contributed by atoms with Crippen molar-refractivity contribution in [2.75, 3.05) is 5.32 Å². The number of aryl methyl sites for hydroxylation is 2. The molecule has 8 nitrogen and oxygen atoms in total. The number of carbonyl (C=O) groups excluding carboxylic acids is 1. The summed E-state index contributed by atoms with van der Waals surface area (Å²) in [6.45, 7) is 4.57. The van der Waals surface area contributed by atoms with Crippen molar-refractivity contribution >= 4 is 11.6 Å². The average molecular weight is 331 g/mol. The van der Waals surface area contributed by atoms with Crippen molar-refractivity contribution in [3.63, 3.8) is 0 Å². The van der Waals surface area contributed by atoms with Crippen molar-refractivity contribution in [1.82, 2.24) is 30.0 Å². The number of carbonyl (C=O) groups is 1. The van der Waals surface area contributed by atoms with Gasteiger partial charge in [0.15, 0.2) is 0 Å². The zero-order valence-electron chi connectivity index (χ0n) is 14.6. The molecule has 0 aliphatic heterocycles. The lowest BCUT2D eigenvalue weighted by Crippen LogP contribution is -2.34. The summed E-state index contributed by atoms with van der Waals surface area (Å²) in [5.41, 5.74) is 2.58. The second-order valence-corrected chi connectivity index (χ2v) is 6.96. The summed E-state index contributed by atoms with van der Waals surface area (Å²) in [6, 6.07) is 0. The minimum absolute atomic E-state index is 0.0455. The topological polar surface area (TPSA) is 90.5 Å². The Balaban J connectivity index is 1.73. The minimum Gasteiger partial charge on any atom is -0.323 e. The molecule has 1 fully saturated rings. The van der Waals surface area contributed by atoms with E-state index in [1.807, 2.05) is 20.9 Å². The van der Waals surface area contributed by atoms with E-state index in [0.29, 0.717) is 13.0 Å². The molecule has 130 valence electrons. The Bertz CT molecular complexity index is 698. The molecule has 8 heteroatoms. The lowest BCUT2D eigenvalue weighted by molar-refractivity contribution is -0.119. The second-order valence-electron chi connectivity index (χ2n) is 6.96. The van der Waals surface area contributed by atoms with E-state index >= 15 is 0 Å². The Labute approximate surface area is 141 Å². The highest BCUT2D eigenvalue weighted by Crippen LogP contribution is 2.41. The van der Waals surface area contributed by atoms with Crippen LogP contribution in [-0.2, 0) is 18.4 Å². The molecule has 0 atom stereocenters. The van der Waals surface area contributed by atoms with Crippen LogP contribution in [0.15, 0.2) is 6.33 Å². The monoisotopic (exact) mass is 331 g/mol. The highest BCUT2D eigenvalue weighted by Gasteiger charge is 2.35. The van der Waals surface area contributed by atoms with E-state index in [4.69, 9.17) is 0 Å². The van der Waals surface area contributed by atoms with Crippen LogP contribution in [0.25, 0.3) is 0 Å². The molecule has 1 aliphatic rings. The number of amides is 1. The molecule has 1 saturated carbocycles. The van der Waals surface area contributed by atoms with Gasteiger partial charge in [-0.15, -0.1) is 5.10 Å². The van der Waals surface area contributed by atoms with Gasteiger partial charge in [-0.05, 0) is 42.5 Å². The number of hydrogen-bond acceptors (Lipinski definition) is 5. The lowest BCUT2D eigenvalue weighted by atomic mass is 9.71. The number of nitrogens with zero attached hydrogens (tertiary/aromatic N) is 6. The summed E-state index contributed by atoms with van der Waals surface area (Å²) in [6.07, 6.45) is 7.72. The normalized spacial score (nSPS) is 17.0. The first-order chi connectivity index (χ1) is 11.5. The van der Waals surface area contributed by atoms with Gasteiger partial charge >= 0.3 is 0 Å². The number of hydrogen-bond donors (Lipinski definition) is 1. The van der Waals surface area contributed by atoms with Crippen molar-refractivity contribution in [1.29, 1.82) is 0 Å². The highest BCUT2D eigenvalue weighted by atomic mass is 16.1. The third-order valence-corrected chi connectivity index (χ3v) is 5.11. The molecule has 0 spiro atoms. The third-order valence-electron chi connectivity index (χ3n) is 5.11. The van der Waals surface area contributed by atoms with Gasteiger partial charge in [-0.1, -0.05) is 19.3 Å². The summed E-state index contributed by atoms with van der Waals surface area (Å²) in [5.74, 6) is 0.0455. The van der Waals surface area contributed by atoms with Gasteiger partial charge in [0.25, 0.3) is 0 Å². The van der Waals surface area contributed by atoms with Gasteiger partial charge in [0.05, 0.1) is 23.6 Å². The van der Waals surface area contributed by atoms with Crippen LogP contribution < -0.4 is 5.32 Å². The fourth-order valence-corrected chi connectivity index (χ4v) is 3.77. The van der Waals surface area contributed by atoms with E-state index in [0.717, 1.165) is 42.8 Å². The van der Waals surface area contributed by atoms with Crippen LogP contribution in [0.5, 0.6) is 0 Å². The zero-order chi connectivity index (χ0) is 17.2. The molecule has 1 aliphatic carbocycles. The van der Waals surface area contributed by atoms with Crippen LogP contribution in [0.2, 0.25) is 0 Å². The second kappa shape index (κ2) is 6.70. The van der Waals surface area contributed by atoms with Crippen LogP contribution >= 0.6 is 0 Å². The van der Waals surface area contributed by atoms with Crippen LogP contribution in [0, 0.1) is 19.3 Å². The van der Waals surface area contributed by atoms with Crippen molar-refractivity contribution < 1.29 is 4.79 Å². The van der Waals surface area contributed by atoms with Crippen LogP contribution in [0.4, 0.5) is 5.69 Å². The van der Waals surface area contributed by atoms with E-state index in [1.165, 1.54) is 6.42 Å². The minimum atomic E-state index is -0.0677. The van der Waals surface area contributed by atoms with E-state index in [9.17, 15) is 4.79 Å². The predicted octanol–water partition coefficient (Wildman–Crippen LogP) is 2.00. The Morgan fingerprint density at radius 1 is 1.29 bits per heavy atom. The SMILES string of the molecule is Cc1nn(C)c(C)c1NC(=O)CC1(Cn2cnnn2)CCCCC1. The fourth-order valence-electron chi connectivity index (χ4n) is 3.77. The average Bonchev–Trinajstić information content (AvgIpc) is 3.12. The van der Waals surface area contributed by atoms with Gasteiger partial charge < -0.3 is 5.32 Å². The molecule has 24 heavy (non-hydrogen) atoms. The van der Waals surface area contributed by atoms with Gasteiger partial charge in [-0.25, -0.2) is 4.68 Å². The fraction of sp³-hybridized carbons (Fsp3) is 0.688. The zero-order valence-corrected chi connectivity index (χ0v) is 14.6. The predicted molar refractivity (Wildman–Crippen MR) is 89.3 cm³/mol. The molecule has 0 bridgehead atoms. The third kappa shape index (κ3) is 3.47. The molecule has 0 radical (unpaired) electrons. The van der Waals surface area contributed by atoms with E-state index in [2.05, 4.69) is 25.9 Å². The first-order valence-corrected chi connectivity index (χ1v) is 8.50.